The highest BCUT2D eigenvalue weighted by molar-refractivity contribution is 5.87. The number of aromatic amines is 1. The SMILES string of the molecule is COc1ccccc1-c1ccc(C(=O)O)c(=O)[nH]1. The van der Waals surface area contributed by atoms with Gasteiger partial charge < -0.3 is 14.8 Å². The summed E-state index contributed by atoms with van der Waals surface area (Å²) in [5, 5.41) is 8.78. The minimum absolute atomic E-state index is 0.284. The van der Waals surface area contributed by atoms with E-state index < -0.39 is 11.5 Å². The maximum Gasteiger partial charge on any atom is 0.341 e. The summed E-state index contributed by atoms with van der Waals surface area (Å²) in [5.74, 6) is -0.640. The molecule has 2 N–H and O–H groups in total. The Kier molecular flexibility index (Phi) is 3.14. The van der Waals surface area contributed by atoms with Crippen molar-refractivity contribution in [3.05, 3.63) is 52.3 Å². The van der Waals surface area contributed by atoms with Crippen LogP contribution >= 0.6 is 0 Å². The zero-order valence-corrected chi connectivity index (χ0v) is 9.64. The minimum atomic E-state index is -1.25. The number of rotatable bonds is 3. The summed E-state index contributed by atoms with van der Waals surface area (Å²) in [6, 6.07) is 9.99. The van der Waals surface area contributed by atoms with Crippen molar-refractivity contribution in [1.29, 1.82) is 0 Å². The largest absolute Gasteiger partial charge is 0.496 e. The van der Waals surface area contributed by atoms with Crippen molar-refractivity contribution >= 4 is 5.97 Å². The van der Waals surface area contributed by atoms with Gasteiger partial charge in [-0.2, -0.15) is 0 Å². The molecule has 0 fully saturated rings. The highest BCUT2D eigenvalue weighted by atomic mass is 16.5. The smallest absolute Gasteiger partial charge is 0.341 e. The molecule has 1 heterocycles. The zero-order valence-electron chi connectivity index (χ0n) is 9.64. The van der Waals surface area contributed by atoms with E-state index >= 15 is 0 Å². The summed E-state index contributed by atoms with van der Waals surface area (Å²) < 4.78 is 5.18. The lowest BCUT2D eigenvalue weighted by molar-refractivity contribution is 0.0695. The van der Waals surface area contributed by atoms with E-state index in [1.807, 2.05) is 6.07 Å². The topological polar surface area (TPSA) is 79.4 Å². The van der Waals surface area contributed by atoms with E-state index in [0.717, 1.165) is 0 Å². The molecular formula is C13H11NO4. The average molecular weight is 245 g/mol. The van der Waals surface area contributed by atoms with Gasteiger partial charge in [-0.15, -0.1) is 0 Å². The summed E-state index contributed by atoms with van der Waals surface area (Å²) in [5.41, 5.74) is 0.302. The van der Waals surface area contributed by atoms with Crippen molar-refractivity contribution in [2.75, 3.05) is 7.11 Å². The van der Waals surface area contributed by atoms with Crippen LogP contribution in [0.25, 0.3) is 11.3 Å². The predicted octanol–water partition coefficient (Wildman–Crippen LogP) is 1.75. The molecule has 5 nitrogen and oxygen atoms in total. The number of carbonyl (C=O) groups is 1. The maximum atomic E-state index is 11.6. The fraction of sp³-hybridized carbons (Fsp3) is 0.0769. The second kappa shape index (κ2) is 4.75. The van der Waals surface area contributed by atoms with Gasteiger partial charge in [0, 0.05) is 5.56 Å². The minimum Gasteiger partial charge on any atom is -0.496 e. The Balaban J connectivity index is 2.56. The van der Waals surface area contributed by atoms with Crippen LogP contribution in [0, 0.1) is 0 Å². The normalized spacial score (nSPS) is 10.1. The number of pyridine rings is 1. The van der Waals surface area contributed by atoms with Crippen LogP contribution in [0.1, 0.15) is 10.4 Å². The summed E-state index contributed by atoms with van der Waals surface area (Å²) in [4.78, 5) is 24.9. The lowest BCUT2D eigenvalue weighted by Crippen LogP contribution is -2.17. The number of para-hydroxylation sites is 1. The fourth-order valence-electron chi connectivity index (χ4n) is 1.67. The lowest BCUT2D eigenvalue weighted by Gasteiger charge is -2.08. The Hall–Kier alpha value is -2.56. The van der Waals surface area contributed by atoms with E-state index in [0.29, 0.717) is 17.0 Å². The number of hydrogen-bond acceptors (Lipinski definition) is 3. The van der Waals surface area contributed by atoms with Gasteiger partial charge in [-0.1, -0.05) is 12.1 Å². The van der Waals surface area contributed by atoms with E-state index in [1.54, 1.807) is 24.3 Å². The molecule has 0 bridgehead atoms. The summed E-state index contributed by atoms with van der Waals surface area (Å²) in [6.07, 6.45) is 0. The van der Waals surface area contributed by atoms with Gasteiger partial charge in [-0.05, 0) is 24.3 Å². The maximum absolute atomic E-state index is 11.6. The summed E-state index contributed by atoms with van der Waals surface area (Å²) in [6.45, 7) is 0. The molecule has 0 radical (unpaired) electrons. The predicted molar refractivity (Wildman–Crippen MR) is 66.0 cm³/mol. The molecule has 0 saturated carbocycles. The molecule has 2 rings (SSSR count). The Morgan fingerprint density at radius 2 is 1.94 bits per heavy atom. The highest BCUT2D eigenvalue weighted by Gasteiger charge is 2.11. The average Bonchev–Trinajstić information content (AvgIpc) is 2.38. The quantitative estimate of drug-likeness (QED) is 0.863. The first-order chi connectivity index (χ1) is 8.63. The van der Waals surface area contributed by atoms with Crippen LogP contribution in [-0.4, -0.2) is 23.2 Å². The first kappa shape index (κ1) is 11.9. The number of benzene rings is 1. The van der Waals surface area contributed by atoms with Crippen LogP contribution < -0.4 is 10.3 Å². The van der Waals surface area contributed by atoms with Gasteiger partial charge >= 0.3 is 5.97 Å². The van der Waals surface area contributed by atoms with Gasteiger partial charge in [0.1, 0.15) is 11.3 Å². The van der Waals surface area contributed by atoms with Crippen molar-refractivity contribution in [2.45, 2.75) is 0 Å². The molecule has 0 saturated heterocycles. The molecule has 0 aliphatic heterocycles. The van der Waals surface area contributed by atoms with E-state index in [4.69, 9.17) is 9.84 Å². The molecule has 2 aromatic rings. The number of carboxylic acids is 1. The van der Waals surface area contributed by atoms with E-state index in [9.17, 15) is 9.59 Å². The van der Waals surface area contributed by atoms with Crippen LogP contribution in [0.5, 0.6) is 5.75 Å². The highest BCUT2D eigenvalue weighted by Crippen LogP contribution is 2.27. The molecule has 1 aromatic heterocycles. The third-order valence-corrected chi connectivity index (χ3v) is 2.54. The number of hydrogen-bond donors (Lipinski definition) is 2. The van der Waals surface area contributed by atoms with Crippen molar-refractivity contribution < 1.29 is 14.6 Å². The second-order valence-corrected chi connectivity index (χ2v) is 3.62. The van der Waals surface area contributed by atoms with Crippen molar-refractivity contribution in [2.24, 2.45) is 0 Å². The Morgan fingerprint density at radius 3 is 2.56 bits per heavy atom. The summed E-state index contributed by atoms with van der Waals surface area (Å²) in [7, 11) is 1.53. The van der Waals surface area contributed by atoms with E-state index in [-0.39, 0.29) is 5.56 Å². The standard InChI is InChI=1S/C13H11NO4/c1-18-11-5-3-2-4-8(11)10-7-6-9(13(16)17)12(15)14-10/h2-7H,1H3,(H,14,15)(H,16,17). The Labute approximate surface area is 103 Å². The van der Waals surface area contributed by atoms with Crippen LogP contribution in [0.4, 0.5) is 0 Å². The van der Waals surface area contributed by atoms with Gasteiger partial charge in [-0.3, -0.25) is 4.79 Å². The monoisotopic (exact) mass is 245 g/mol. The Morgan fingerprint density at radius 1 is 1.22 bits per heavy atom. The van der Waals surface area contributed by atoms with Gasteiger partial charge in [0.05, 0.1) is 12.8 Å². The molecule has 0 aliphatic carbocycles. The number of methoxy groups -OCH3 is 1. The molecule has 92 valence electrons. The van der Waals surface area contributed by atoms with Gasteiger partial charge in [-0.25, -0.2) is 4.79 Å². The summed E-state index contributed by atoms with van der Waals surface area (Å²) >= 11 is 0. The number of aromatic nitrogens is 1. The zero-order chi connectivity index (χ0) is 13.1. The lowest BCUT2D eigenvalue weighted by atomic mass is 10.1. The van der Waals surface area contributed by atoms with Crippen molar-refractivity contribution in [3.63, 3.8) is 0 Å². The molecule has 0 atom stereocenters. The van der Waals surface area contributed by atoms with Crippen LogP contribution in [-0.2, 0) is 0 Å². The molecule has 0 unspecified atom stereocenters. The van der Waals surface area contributed by atoms with Gasteiger partial charge in [0.2, 0.25) is 0 Å². The third-order valence-electron chi connectivity index (χ3n) is 2.54. The molecule has 1 aromatic carbocycles. The van der Waals surface area contributed by atoms with E-state index in [1.165, 1.54) is 13.2 Å². The number of H-pyrrole nitrogens is 1. The van der Waals surface area contributed by atoms with Crippen LogP contribution in [0.2, 0.25) is 0 Å². The first-order valence-corrected chi connectivity index (χ1v) is 5.23. The first-order valence-electron chi connectivity index (χ1n) is 5.23. The molecule has 0 aliphatic rings. The second-order valence-electron chi connectivity index (χ2n) is 3.62. The van der Waals surface area contributed by atoms with Crippen molar-refractivity contribution in [1.82, 2.24) is 4.98 Å². The number of ether oxygens (including phenoxy) is 1. The van der Waals surface area contributed by atoms with Gasteiger partial charge in [0.15, 0.2) is 0 Å². The molecule has 18 heavy (non-hydrogen) atoms. The van der Waals surface area contributed by atoms with Crippen molar-refractivity contribution in [3.8, 4) is 17.0 Å². The molecule has 0 spiro atoms. The van der Waals surface area contributed by atoms with E-state index in [2.05, 4.69) is 4.98 Å². The van der Waals surface area contributed by atoms with Gasteiger partial charge in [0.25, 0.3) is 5.56 Å². The molecule has 0 amide bonds. The fourth-order valence-corrected chi connectivity index (χ4v) is 1.67. The molecular weight excluding hydrogens is 234 g/mol. The van der Waals surface area contributed by atoms with Crippen LogP contribution in [0.3, 0.4) is 0 Å². The molecule has 5 heteroatoms. The number of carboxylic acid groups (broad SMARTS) is 1. The third kappa shape index (κ3) is 2.10. The number of aromatic carboxylic acids is 1. The number of nitrogens with one attached hydrogen (secondary N) is 1. The Bertz CT molecular complexity index is 645. The van der Waals surface area contributed by atoms with Crippen LogP contribution in [0.15, 0.2) is 41.2 Å².